The van der Waals surface area contributed by atoms with E-state index >= 15 is 0 Å². The molecular weight excluding hydrogens is 329 g/mol. The van der Waals surface area contributed by atoms with Crippen LogP contribution in [0.5, 0.6) is 0 Å². The number of benzene rings is 2. The van der Waals surface area contributed by atoms with Crippen LogP contribution in [-0.2, 0) is 0 Å². The van der Waals surface area contributed by atoms with Crippen molar-refractivity contribution in [3.63, 3.8) is 0 Å². The van der Waals surface area contributed by atoms with Gasteiger partial charge in [0.1, 0.15) is 5.82 Å². The highest BCUT2D eigenvalue weighted by atomic mass is 32.2. The fourth-order valence-corrected chi connectivity index (χ4v) is 5.32. The molecule has 2 aromatic carbocycles. The minimum Gasteiger partial charge on any atom is -0.346 e. The van der Waals surface area contributed by atoms with E-state index in [1.54, 1.807) is 12.1 Å². The van der Waals surface area contributed by atoms with Gasteiger partial charge in [-0.3, -0.25) is 4.79 Å². The molecule has 0 spiro atoms. The molecule has 2 aromatic rings. The maximum absolute atomic E-state index is 13.0. The van der Waals surface area contributed by atoms with Crippen molar-refractivity contribution in [1.82, 2.24) is 5.32 Å². The van der Waals surface area contributed by atoms with E-state index in [0.29, 0.717) is 10.1 Å². The first-order chi connectivity index (χ1) is 11.1. The van der Waals surface area contributed by atoms with E-state index in [4.69, 9.17) is 0 Å². The SMILES string of the molecule is C[C@H](NC(=O)c1ccc(C2SCCS2)cc1)c1ccc(F)cc1. The zero-order valence-corrected chi connectivity index (χ0v) is 14.4. The molecule has 1 aliphatic rings. The minimum atomic E-state index is -0.273. The Morgan fingerprint density at radius 3 is 2.30 bits per heavy atom. The molecule has 0 aromatic heterocycles. The smallest absolute Gasteiger partial charge is 0.251 e. The van der Waals surface area contributed by atoms with Gasteiger partial charge in [-0.05, 0) is 42.3 Å². The van der Waals surface area contributed by atoms with Gasteiger partial charge in [0.2, 0.25) is 0 Å². The maximum Gasteiger partial charge on any atom is 0.251 e. The van der Waals surface area contributed by atoms with Crippen LogP contribution in [0.3, 0.4) is 0 Å². The summed E-state index contributed by atoms with van der Waals surface area (Å²) in [6.45, 7) is 1.89. The van der Waals surface area contributed by atoms with Crippen LogP contribution in [0.1, 0.15) is 39.0 Å². The Kier molecular flexibility index (Phi) is 5.28. The van der Waals surface area contributed by atoms with Gasteiger partial charge in [-0.2, -0.15) is 0 Å². The monoisotopic (exact) mass is 347 g/mol. The van der Waals surface area contributed by atoms with E-state index in [1.807, 2.05) is 54.7 Å². The lowest BCUT2D eigenvalue weighted by Gasteiger charge is -2.15. The second-order valence-electron chi connectivity index (χ2n) is 5.44. The van der Waals surface area contributed by atoms with Crippen molar-refractivity contribution in [1.29, 1.82) is 0 Å². The maximum atomic E-state index is 13.0. The van der Waals surface area contributed by atoms with Crippen molar-refractivity contribution in [3.05, 3.63) is 71.0 Å². The number of rotatable bonds is 4. The lowest BCUT2D eigenvalue weighted by Crippen LogP contribution is -2.26. The van der Waals surface area contributed by atoms with Crippen molar-refractivity contribution in [2.75, 3.05) is 11.5 Å². The summed E-state index contributed by atoms with van der Waals surface area (Å²) < 4.78 is 13.4. The largest absolute Gasteiger partial charge is 0.346 e. The number of amides is 1. The number of hydrogen-bond acceptors (Lipinski definition) is 3. The Balaban J connectivity index is 1.64. The van der Waals surface area contributed by atoms with Crippen molar-refractivity contribution < 1.29 is 9.18 Å². The highest BCUT2D eigenvalue weighted by Crippen LogP contribution is 2.45. The molecule has 3 rings (SSSR count). The second-order valence-corrected chi connectivity index (χ2v) is 8.17. The van der Waals surface area contributed by atoms with Gasteiger partial charge >= 0.3 is 0 Å². The summed E-state index contributed by atoms with van der Waals surface area (Å²) >= 11 is 3.90. The zero-order valence-electron chi connectivity index (χ0n) is 12.8. The van der Waals surface area contributed by atoms with Crippen LogP contribution in [0, 0.1) is 5.82 Å². The third-order valence-electron chi connectivity index (χ3n) is 3.78. The Bertz CT molecular complexity index is 666. The molecule has 5 heteroatoms. The Morgan fingerprint density at radius 1 is 1.09 bits per heavy atom. The van der Waals surface area contributed by atoms with Crippen LogP contribution >= 0.6 is 23.5 Å². The van der Waals surface area contributed by atoms with E-state index in [0.717, 1.165) is 5.56 Å². The van der Waals surface area contributed by atoms with E-state index in [9.17, 15) is 9.18 Å². The highest BCUT2D eigenvalue weighted by Gasteiger charge is 2.18. The van der Waals surface area contributed by atoms with Gasteiger partial charge in [-0.1, -0.05) is 24.3 Å². The average molecular weight is 347 g/mol. The van der Waals surface area contributed by atoms with Crippen LogP contribution in [-0.4, -0.2) is 17.4 Å². The Hall–Kier alpha value is -1.46. The molecule has 0 bridgehead atoms. The Morgan fingerprint density at radius 2 is 1.70 bits per heavy atom. The molecule has 0 unspecified atom stereocenters. The number of nitrogens with one attached hydrogen (secondary N) is 1. The number of hydrogen-bond donors (Lipinski definition) is 1. The highest BCUT2D eigenvalue weighted by molar-refractivity contribution is 8.19. The molecule has 2 nitrogen and oxygen atoms in total. The van der Waals surface area contributed by atoms with Crippen LogP contribution in [0.2, 0.25) is 0 Å². The predicted molar refractivity (Wildman–Crippen MR) is 96.4 cm³/mol. The molecule has 120 valence electrons. The van der Waals surface area contributed by atoms with Gasteiger partial charge in [-0.25, -0.2) is 4.39 Å². The fourth-order valence-electron chi connectivity index (χ4n) is 2.46. The van der Waals surface area contributed by atoms with Crippen LogP contribution < -0.4 is 5.32 Å². The molecule has 0 radical (unpaired) electrons. The molecule has 0 saturated carbocycles. The van der Waals surface area contributed by atoms with Crippen molar-refractivity contribution >= 4 is 29.4 Å². The number of carbonyl (C=O) groups is 1. The summed E-state index contributed by atoms with van der Waals surface area (Å²) in [6, 6.07) is 13.9. The van der Waals surface area contributed by atoms with Gasteiger partial charge in [0, 0.05) is 17.1 Å². The molecule has 1 heterocycles. The third kappa shape index (κ3) is 4.09. The van der Waals surface area contributed by atoms with Crippen molar-refractivity contribution in [2.24, 2.45) is 0 Å². The van der Waals surface area contributed by atoms with Gasteiger partial charge in [0.25, 0.3) is 5.91 Å². The molecular formula is C18H18FNOS2. The zero-order chi connectivity index (χ0) is 16.2. The molecule has 1 saturated heterocycles. The molecule has 1 N–H and O–H groups in total. The summed E-state index contributed by atoms with van der Waals surface area (Å²) in [6.07, 6.45) is 0. The topological polar surface area (TPSA) is 29.1 Å². The van der Waals surface area contributed by atoms with E-state index < -0.39 is 0 Å². The minimum absolute atomic E-state index is 0.111. The fraction of sp³-hybridized carbons (Fsp3) is 0.278. The summed E-state index contributed by atoms with van der Waals surface area (Å²) in [5, 5.41) is 2.95. The van der Waals surface area contributed by atoms with Crippen LogP contribution in [0.25, 0.3) is 0 Å². The Labute approximate surface area is 144 Å². The van der Waals surface area contributed by atoms with Gasteiger partial charge in [0.15, 0.2) is 0 Å². The second kappa shape index (κ2) is 7.41. The molecule has 1 fully saturated rings. The molecule has 1 atom stereocenters. The van der Waals surface area contributed by atoms with E-state index in [1.165, 1.54) is 29.2 Å². The van der Waals surface area contributed by atoms with Gasteiger partial charge in [0.05, 0.1) is 10.6 Å². The van der Waals surface area contributed by atoms with Crippen LogP contribution in [0.4, 0.5) is 4.39 Å². The predicted octanol–water partition coefficient (Wildman–Crippen LogP) is 4.80. The first-order valence-electron chi connectivity index (χ1n) is 7.53. The first-order valence-corrected chi connectivity index (χ1v) is 9.63. The quantitative estimate of drug-likeness (QED) is 0.862. The number of thioether (sulfide) groups is 2. The third-order valence-corrected chi connectivity index (χ3v) is 6.89. The summed E-state index contributed by atoms with van der Waals surface area (Å²) in [4.78, 5) is 12.3. The lowest BCUT2D eigenvalue weighted by atomic mass is 10.1. The summed E-state index contributed by atoms with van der Waals surface area (Å²) in [5.74, 6) is 1.99. The van der Waals surface area contributed by atoms with Crippen molar-refractivity contribution in [3.8, 4) is 0 Å². The molecule has 1 aliphatic heterocycles. The van der Waals surface area contributed by atoms with Gasteiger partial charge < -0.3 is 5.32 Å². The number of carbonyl (C=O) groups excluding carboxylic acids is 1. The van der Waals surface area contributed by atoms with E-state index in [2.05, 4.69) is 5.32 Å². The first kappa shape index (κ1) is 16.4. The lowest BCUT2D eigenvalue weighted by molar-refractivity contribution is 0.0940. The van der Waals surface area contributed by atoms with Crippen molar-refractivity contribution in [2.45, 2.75) is 17.5 Å². The summed E-state index contributed by atoms with van der Waals surface area (Å²) in [5.41, 5.74) is 2.80. The molecule has 23 heavy (non-hydrogen) atoms. The van der Waals surface area contributed by atoms with Gasteiger partial charge in [-0.15, -0.1) is 23.5 Å². The van der Waals surface area contributed by atoms with Crippen LogP contribution in [0.15, 0.2) is 48.5 Å². The van der Waals surface area contributed by atoms with E-state index in [-0.39, 0.29) is 17.8 Å². The standard InChI is InChI=1S/C18H18FNOS2/c1-12(13-6-8-16(19)9-7-13)20-17(21)14-2-4-15(5-3-14)18-22-10-11-23-18/h2-9,12,18H,10-11H2,1H3,(H,20,21)/t12-/m0/s1. The average Bonchev–Trinajstić information content (AvgIpc) is 3.10. The normalized spacial score (nSPS) is 16.3. The molecule has 0 aliphatic carbocycles. The number of halogens is 1. The summed E-state index contributed by atoms with van der Waals surface area (Å²) in [7, 11) is 0. The molecule has 1 amide bonds.